The number of phenols is 1. The third-order valence-electron chi connectivity index (χ3n) is 4.56. The molecule has 30 heavy (non-hydrogen) atoms. The lowest BCUT2D eigenvalue weighted by molar-refractivity contribution is -0.151. The molecular weight excluding hydrogens is 418 g/mol. The number of β-lactam (4-membered cyclic amide) rings is 1. The summed E-state index contributed by atoms with van der Waals surface area (Å²) in [5, 5.41) is 23.4. The fourth-order valence-corrected chi connectivity index (χ4v) is 4.46. The first-order valence-electron chi connectivity index (χ1n) is 8.69. The monoisotopic (exact) mass is 435 g/mol. The molecule has 0 saturated carbocycles. The molecule has 0 bridgehead atoms. The second-order valence-corrected chi connectivity index (χ2v) is 7.64. The van der Waals surface area contributed by atoms with Crippen molar-refractivity contribution in [1.82, 2.24) is 10.2 Å². The van der Waals surface area contributed by atoms with Crippen molar-refractivity contribution in [3.63, 3.8) is 0 Å². The Balaban J connectivity index is 1.75. The van der Waals surface area contributed by atoms with Crippen molar-refractivity contribution in [3.8, 4) is 5.75 Å². The molecule has 1 aromatic rings. The van der Waals surface area contributed by atoms with Crippen LogP contribution in [0.25, 0.3) is 0 Å². The Labute approximate surface area is 174 Å². The highest BCUT2D eigenvalue weighted by Crippen LogP contribution is 2.40. The number of hydrogen-bond acceptors (Lipinski definition) is 9. The lowest BCUT2D eigenvalue weighted by atomic mass is 10.0. The molecule has 2 aliphatic heterocycles. The number of carboxylic acid groups (broad SMARTS) is 1. The Hall–Kier alpha value is -3.41. The maximum atomic E-state index is 12.6. The summed E-state index contributed by atoms with van der Waals surface area (Å²) in [5.74, 6) is -3.28. The van der Waals surface area contributed by atoms with Crippen LogP contribution in [0.1, 0.15) is 18.5 Å². The smallest absolute Gasteiger partial charge is 0.352 e. The van der Waals surface area contributed by atoms with Gasteiger partial charge in [-0.05, 0) is 17.7 Å². The van der Waals surface area contributed by atoms with E-state index in [0.717, 1.165) is 4.90 Å². The predicted molar refractivity (Wildman–Crippen MR) is 103 cm³/mol. The fraction of sp³-hybridized carbons (Fsp3) is 0.333. The average molecular weight is 435 g/mol. The number of thioether (sulfide) groups is 1. The number of benzene rings is 1. The minimum atomic E-state index is -1.44. The van der Waals surface area contributed by atoms with Crippen LogP contribution >= 0.6 is 11.8 Å². The number of carbonyl (C=O) groups excluding carboxylic acids is 3. The number of carbonyl (C=O) groups is 4. The van der Waals surface area contributed by atoms with Gasteiger partial charge in [0.2, 0.25) is 0 Å². The lowest BCUT2D eigenvalue weighted by Gasteiger charge is -2.49. The Kier molecular flexibility index (Phi) is 6.06. The van der Waals surface area contributed by atoms with Gasteiger partial charge in [-0.25, -0.2) is 4.79 Å². The maximum absolute atomic E-state index is 12.6. The van der Waals surface area contributed by atoms with Crippen LogP contribution in [0.3, 0.4) is 0 Å². The number of nitrogens with one attached hydrogen (secondary N) is 1. The zero-order chi connectivity index (χ0) is 22.0. The zero-order valence-corrected chi connectivity index (χ0v) is 16.4. The van der Waals surface area contributed by atoms with Crippen molar-refractivity contribution in [2.45, 2.75) is 24.4 Å². The molecule has 3 rings (SSSR count). The van der Waals surface area contributed by atoms with Crippen LogP contribution in [0.2, 0.25) is 0 Å². The van der Waals surface area contributed by atoms with Gasteiger partial charge in [-0.15, -0.1) is 16.7 Å². The van der Waals surface area contributed by atoms with Gasteiger partial charge < -0.3 is 20.3 Å². The number of hydrogen-bond donors (Lipinski definition) is 3. The highest BCUT2D eigenvalue weighted by Gasteiger charge is 2.54. The molecule has 3 atom stereocenters. The number of phenolic OH excluding ortho intramolecular Hbond substituents is 1. The molecular formula is C18H17N3O8S. The summed E-state index contributed by atoms with van der Waals surface area (Å²) >= 11 is 1.20. The molecule has 1 fully saturated rings. The molecule has 158 valence electrons. The summed E-state index contributed by atoms with van der Waals surface area (Å²) in [4.78, 5) is 60.0. The fourth-order valence-electron chi connectivity index (χ4n) is 3.13. The van der Waals surface area contributed by atoms with E-state index < -0.39 is 41.2 Å². The van der Waals surface area contributed by atoms with Gasteiger partial charge in [0.1, 0.15) is 29.5 Å². The molecule has 0 aliphatic carbocycles. The molecule has 0 radical (unpaired) electrons. The number of esters is 1. The first-order chi connectivity index (χ1) is 14.2. The Morgan fingerprint density at radius 3 is 2.57 bits per heavy atom. The summed E-state index contributed by atoms with van der Waals surface area (Å²) in [6.07, 6.45) is 0. The van der Waals surface area contributed by atoms with Crippen LogP contribution in [-0.4, -0.2) is 62.6 Å². The first kappa shape index (κ1) is 21.3. The van der Waals surface area contributed by atoms with Gasteiger partial charge in [-0.3, -0.25) is 19.3 Å². The second-order valence-electron chi connectivity index (χ2n) is 6.53. The SMILES string of the molecule is CC(=O)OCC1=C(C(=O)O)N2C(=O)[C@@H](NC(=O)C(N=O)c3ccc(O)cc3)[C@H]2SC1. The Bertz CT molecular complexity index is 945. The number of nitroso groups, excluding NO2 is 1. The van der Waals surface area contributed by atoms with Crippen LogP contribution in [0, 0.1) is 4.91 Å². The highest BCUT2D eigenvalue weighted by molar-refractivity contribution is 8.00. The van der Waals surface area contributed by atoms with Gasteiger partial charge in [-0.1, -0.05) is 17.3 Å². The summed E-state index contributed by atoms with van der Waals surface area (Å²) in [7, 11) is 0. The first-order valence-corrected chi connectivity index (χ1v) is 9.74. The molecule has 3 N–H and O–H groups in total. The molecule has 0 spiro atoms. The van der Waals surface area contributed by atoms with E-state index >= 15 is 0 Å². The summed E-state index contributed by atoms with van der Waals surface area (Å²) in [5.41, 5.74) is 0.225. The molecule has 12 heteroatoms. The van der Waals surface area contributed by atoms with Gasteiger partial charge in [0, 0.05) is 18.2 Å². The van der Waals surface area contributed by atoms with Gasteiger partial charge in [0.15, 0.2) is 6.04 Å². The molecule has 11 nitrogen and oxygen atoms in total. The van der Waals surface area contributed by atoms with E-state index in [4.69, 9.17) is 4.74 Å². The highest BCUT2D eigenvalue weighted by atomic mass is 32.2. The summed E-state index contributed by atoms with van der Waals surface area (Å²) in [6.45, 7) is 0.932. The molecule has 0 aromatic heterocycles. The topological polar surface area (TPSA) is 163 Å². The number of amides is 2. The maximum Gasteiger partial charge on any atom is 0.352 e. The van der Waals surface area contributed by atoms with Crippen LogP contribution < -0.4 is 5.32 Å². The van der Waals surface area contributed by atoms with Crippen LogP contribution in [0.4, 0.5) is 0 Å². The zero-order valence-electron chi connectivity index (χ0n) is 15.6. The molecule has 1 saturated heterocycles. The van der Waals surface area contributed by atoms with Gasteiger partial charge in [0.05, 0.1) is 0 Å². The van der Waals surface area contributed by atoms with E-state index in [9.17, 15) is 34.3 Å². The third-order valence-corrected chi connectivity index (χ3v) is 5.90. The van der Waals surface area contributed by atoms with Crippen molar-refractivity contribution in [1.29, 1.82) is 0 Å². The number of fused-ring (bicyclic) bond motifs is 1. The van der Waals surface area contributed by atoms with Crippen molar-refractivity contribution in [2.24, 2.45) is 5.18 Å². The van der Waals surface area contributed by atoms with E-state index in [1.54, 1.807) is 0 Å². The Morgan fingerprint density at radius 1 is 1.33 bits per heavy atom. The quantitative estimate of drug-likeness (QED) is 0.314. The summed E-state index contributed by atoms with van der Waals surface area (Å²) < 4.78 is 4.85. The number of aliphatic carboxylic acids is 1. The Morgan fingerprint density at radius 2 is 2.00 bits per heavy atom. The normalized spacial score (nSPS) is 21.2. The number of rotatable bonds is 7. The number of aromatic hydroxyl groups is 1. The van der Waals surface area contributed by atoms with Gasteiger partial charge in [0.25, 0.3) is 11.8 Å². The van der Waals surface area contributed by atoms with Crippen molar-refractivity contribution < 1.29 is 34.1 Å². The minimum Gasteiger partial charge on any atom is -0.508 e. The molecule has 1 unspecified atom stereocenters. The lowest BCUT2D eigenvalue weighted by Crippen LogP contribution is -2.70. The molecule has 2 aliphatic rings. The van der Waals surface area contributed by atoms with Crippen LogP contribution in [0.5, 0.6) is 5.75 Å². The average Bonchev–Trinajstić information content (AvgIpc) is 2.71. The largest absolute Gasteiger partial charge is 0.508 e. The van der Waals surface area contributed by atoms with E-state index in [0.29, 0.717) is 0 Å². The van der Waals surface area contributed by atoms with E-state index in [2.05, 4.69) is 10.5 Å². The van der Waals surface area contributed by atoms with Crippen molar-refractivity contribution in [2.75, 3.05) is 12.4 Å². The van der Waals surface area contributed by atoms with E-state index in [1.165, 1.54) is 43.0 Å². The van der Waals surface area contributed by atoms with E-state index in [-0.39, 0.29) is 34.9 Å². The van der Waals surface area contributed by atoms with Crippen molar-refractivity contribution >= 4 is 35.5 Å². The number of carboxylic acids is 1. The van der Waals surface area contributed by atoms with Crippen molar-refractivity contribution in [3.05, 3.63) is 46.0 Å². The van der Waals surface area contributed by atoms with Crippen LogP contribution in [-0.2, 0) is 23.9 Å². The third kappa shape index (κ3) is 3.99. The second kappa shape index (κ2) is 8.53. The molecule has 2 amide bonds. The van der Waals surface area contributed by atoms with Gasteiger partial charge in [-0.2, -0.15) is 0 Å². The van der Waals surface area contributed by atoms with E-state index in [1.807, 2.05) is 0 Å². The predicted octanol–water partition coefficient (Wildman–Crippen LogP) is 0.501. The standard InChI is InChI=1S/C18H17N3O8S/c1-8(22)29-6-10-7-30-17-13(16(25)21(17)14(10)18(26)27)19-15(24)12(20-28)9-2-4-11(23)5-3-9/h2-5,12-13,17,23H,6-7H2,1H3,(H,19,24)(H,26,27)/t12?,13-,17-/m1/s1. The number of ether oxygens (including phenoxy) is 1. The molecule has 2 heterocycles. The summed E-state index contributed by atoms with van der Waals surface area (Å²) in [6, 6.07) is 2.84. The molecule has 1 aromatic carbocycles. The van der Waals surface area contributed by atoms with Crippen LogP contribution in [0.15, 0.2) is 40.7 Å². The number of nitrogens with zero attached hydrogens (tertiary/aromatic N) is 2. The van der Waals surface area contributed by atoms with Gasteiger partial charge >= 0.3 is 11.9 Å². The minimum absolute atomic E-state index is 0.0511.